The summed E-state index contributed by atoms with van der Waals surface area (Å²) in [5, 5.41) is 2.96. The molecule has 5 heteroatoms. The maximum atomic E-state index is 12.1. The molecule has 1 fully saturated rings. The normalized spacial score (nSPS) is 26.3. The minimum absolute atomic E-state index is 0.0528. The number of quaternary nitrogens is 1. The van der Waals surface area contributed by atoms with Crippen LogP contribution in [0.1, 0.15) is 19.4 Å². The predicted molar refractivity (Wildman–Crippen MR) is 83.1 cm³/mol. The lowest BCUT2D eigenvalue weighted by atomic mass is 10.2. The number of hydrogen-bond acceptors (Lipinski definition) is 2. The van der Waals surface area contributed by atoms with E-state index in [9.17, 15) is 4.79 Å². The fourth-order valence-corrected chi connectivity index (χ4v) is 3.02. The fraction of sp³-hybridized carbons (Fsp3) is 0.533. The Labute approximate surface area is 128 Å². The highest BCUT2D eigenvalue weighted by Gasteiger charge is 2.27. The van der Waals surface area contributed by atoms with Crippen LogP contribution in [0, 0.1) is 6.92 Å². The summed E-state index contributed by atoms with van der Waals surface area (Å²) < 4.78 is 6.70. The van der Waals surface area contributed by atoms with Crippen molar-refractivity contribution in [2.24, 2.45) is 0 Å². The first kappa shape index (κ1) is 15.5. The van der Waals surface area contributed by atoms with Crippen molar-refractivity contribution in [1.29, 1.82) is 0 Å². The van der Waals surface area contributed by atoms with Gasteiger partial charge in [-0.1, -0.05) is 22.0 Å². The van der Waals surface area contributed by atoms with Gasteiger partial charge in [-0.25, -0.2) is 0 Å². The largest absolute Gasteiger partial charge is 0.364 e. The number of amides is 1. The molecule has 20 heavy (non-hydrogen) atoms. The van der Waals surface area contributed by atoms with Gasteiger partial charge in [0, 0.05) is 10.2 Å². The van der Waals surface area contributed by atoms with Crippen LogP contribution >= 0.6 is 15.9 Å². The van der Waals surface area contributed by atoms with Crippen LogP contribution in [0.4, 0.5) is 5.69 Å². The van der Waals surface area contributed by atoms with E-state index in [4.69, 9.17) is 4.74 Å². The van der Waals surface area contributed by atoms with E-state index in [-0.39, 0.29) is 18.1 Å². The number of carbonyl (C=O) groups is 1. The van der Waals surface area contributed by atoms with Crippen molar-refractivity contribution in [2.45, 2.75) is 33.0 Å². The molecule has 0 saturated carbocycles. The van der Waals surface area contributed by atoms with E-state index in [0.29, 0.717) is 6.54 Å². The Bertz CT molecular complexity index is 483. The van der Waals surface area contributed by atoms with Crippen molar-refractivity contribution < 1.29 is 14.4 Å². The van der Waals surface area contributed by atoms with Gasteiger partial charge in [-0.3, -0.25) is 4.79 Å². The molecule has 2 rings (SSSR count). The van der Waals surface area contributed by atoms with Crippen LogP contribution in [-0.4, -0.2) is 37.7 Å². The fourth-order valence-electron chi connectivity index (χ4n) is 2.64. The molecular weight excluding hydrogens is 320 g/mol. The molecule has 0 aromatic heterocycles. The second kappa shape index (κ2) is 6.70. The highest BCUT2D eigenvalue weighted by molar-refractivity contribution is 9.10. The summed E-state index contributed by atoms with van der Waals surface area (Å²) in [5.41, 5.74) is 1.99. The Morgan fingerprint density at radius 1 is 1.40 bits per heavy atom. The van der Waals surface area contributed by atoms with Gasteiger partial charge in [0.25, 0.3) is 5.91 Å². The number of ether oxygens (including phenoxy) is 1. The summed E-state index contributed by atoms with van der Waals surface area (Å²) in [6, 6.07) is 5.86. The molecule has 0 radical (unpaired) electrons. The van der Waals surface area contributed by atoms with Gasteiger partial charge in [0.1, 0.15) is 25.3 Å². The Hall–Kier alpha value is -0.910. The average Bonchev–Trinajstić information content (AvgIpc) is 2.32. The SMILES string of the molecule is Cc1ccc(NC(=O)C[NH+]2C[C@@H](C)O[C@H](C)C2)cc1Br. The molecule has 0 bridgehead atoms. The molecule has 110 valence electrons. The van der Waals surface area contributed by atoms with E-state index in [0.717, 1.165) is 28.8 Å². The minimum Gasteiger partial charge on any atom is -0.364 e. The first-order chi connectivity index (χ1) is 9.44. The molecule has 0 unspecified atom stereocenters. The number of halogens is 1. The van der Waals surface area contributed by atoms with Crippen LogP contribution < -0.4 is 10.2 Å². The number of hydrogen-bond donors (Lipinski definition) is 2. The summed E-state index contributed by atoms with van der Waals surface area (Å²) in [7, 11) is 0. The summed E-state index contributed by atoms with van der Waals surface area (Å²) in [4.78, 5) is 13.4. The van der Waals surface area contributed by atoms with Crippen molar-refractivity contribution in [3.05, 3.63) is 28.2 Å². The number of carbonyl (C=O) groups excluding carboxylic acids is 1. The third-order valence-electron chi connectivity index (χ3n) is 3.48. The van der Waals surface area contributed by atoms with Crippen LogP contribution in [0.2, 0.25) is 0 Å². The standard InChI is InChI=1S/C15H21BrN2O2/c1-10-4-5-13(6-14(10)16)17-15(19)9-18-7-11(2)20-12(3)8-18/h4-6,11-12H,7-9H2,1-3H3,(H,17,19)/p+1/t11-,12-/m1/s1. The van der Waals surface area contributed by atoms with Gasteiger partial charge < -0.3 is 15.0 Å². The van der Waals surface area contributed by atoms with Gasteiger partial charge in [-0.2, -0.15) is 0 Å². The predicted octanol–water partition coefficient (Wildman–Crippen LogP) is 1.39. The lowest BCUT2D eigenvalue weighted by molar-refractivity contribution is -0.907. The third-order valence-corrected chi connectivity index (χ3v) is 4.34. The van der Waals surface area contributed by atoms with Crippen molar-refractivity contribution in [3.63, 3.8) is 0 Å². The smallest absolute Gasteiger partial charge is 0.279 e. The maximum Gasteiger partial charge on any atom is 0.279 e. The highest BCUT2D eigenvalue weighted by Crippen LogP contribution is 2.20. The quantitative estimate of drug-likeness (QED) is 0.872. The van der Waals surface area contributed by atoms with Crippen molar-refractivity contribution in [1.82, 2.24) is 0 Å². The topological polar surface area (TPSA) is 42.8 Å². The molecule has 1 aliphatic rings. The Kier molecular flexibility index (Phi) is 5.18. The number of anilines is 1. The monoisotopic (exact) mass is 341 g/mol. The van der Waals surface area contributed by atoms with Crippen LogP contribution in [0.15, 0.2) is 22.7 Å². The Morgan fingerprint density at radius 3 is 2.65 bits per heavy atom. The molecule has 0 aliphatic carbocycles. The highest BCUT2D eigenvalue weighted by atomic mass is 79.9. The van der Waals surface area contributed by atoms with Gasteiger partial charge in [-0.15, -0.1) is 0 Å². The van der Waals surface area contributed by atoms with E-state index in [1.165, 1.54) is 4.90 Å². The summed E-state index contributed by atoms with van der Waals surface area (Å²) in [6.07, 6.45) is 0.435. The number of aryl methyl sites for hydroxylation is 1. The second-order valence-electron chi connectivity index (χ2n) is 5.60. The molecule has 0 spiro atoms. The molecule has 1 saturated heterocycles. The van der Waals surface area contributed by atoms with Gasteiger partial charge in [0.2, 0.25) is 0 Å². The molecule has 1 aromatic carbocycles. The third kappa shape index (κ3) is 4.30. The van der Waals surface area contributed by atoms with Crippen molar-refractivity contribution in [2.75, 3.05) is 25.0 Å². The number of nitrogens with one attached hydrogen (secondary N) is 2. The zero-order chi connectivity index (χ0) is 14.7. The van der Waals surface area contributed by atoms with E-state index in [1.54, 1.807) is 0 Å². The zero-order valence-electron chi connectivity index (χ0n) is 12.2. The second-order valence-corrected chi connectivity index (χ2v) is 6.46. The summed E-state index contributed by atoms with van der Waals surface area (Å²) in [5.74, 6) is 0.0528. The lowest BCUT2D eigenvalue weighted by Gasteiger charge is -2.31. The Balaban J connectivity index is 1.90. The number of benzene rings is 1. The van der Waals surface area contributed by atoms with Gasteiger partial charge in [-0.05, 0) is 38.5 Å². The first-order valence-corrected chi connectivity index (χ1v) is 7.78. The number of rotatable bonds is 3. The summed E-state index contributed by atoms with van der Waals surface area (Å²) in [6.45, 7) is 8.40. The van der Waals surface area contributed by atoms with Crippen LogP contribution in [0.25, 0.3) is 0 Å². The molecular formula is C15H22BrN2O2+. The summed E-state index contributed by atoms with van der Waals surface area (Å²) >= 11 is 3.48. The molecule has 1 amide bonds. The lowest BCUT2D eigenvalue weighted by Crippen LogP contribution is -3.16. The van der Waals surface area contributed by atoms with Crippen LogP contribution in [-0.2, 0) is 9.53 Å². The van der Waals surface area contributed by atoms with E-state index in [1.807, 2.05) is 25.1 Å². The van der Waals surface area contributed by atoms with Crippen LogP contribution in [0.5, 0.6) is 0 Å². The van der Waals surface area contributed by atoms with Gasteiger partial charge >= 0.3 is 0 Å². The molecule has 2 N–H and O–H groups in total. The molecule has 1 heterocycles. The van der Waals surface area contributed by atoms with Crippen LogP contribution in [0.3, 0.4) is 0 Å². The Morgan fingerprint density at radius 2 is 2.05 bits per heavy atom. The van der Waals surface area contributed by atoms with Crippen molar-refractivity contribution >= 4 is 27.5 Å². The van der Waals surface area contributed by atoms with E-state index < -0.39 is 0 Å². The first-order valence-electron chi connectivity index (χ1n) is 6.99. The molecule has 4 nitrogen and oxygen atoms in total. The van der Waals surface area contributed by atoms with E-state index >= 15 is 0 Å². The van der Waals surface area contributed by atoms with Gasteiger partial charge in [0.05, 0.1) is 0 Å². The van der Waals surface area contributed by atoms with Crippen molar-refractivity contribution in [3.8, 4) is 0 Å². The molecule has 1 aromatic rings. The van der Waals surface area contributed by atoms with E-state index in [2.05, 4.69) is 35.1 Å². The average molecular weight is 342 g/mol. The maximum absolute atomic E-state index is 12.1. The minimum atomic E-state index is 0.0528. The molecule has 1 aliphatic heterocycles. The number of morpholine rings is 1. The zero-order valence-corrected chi connectivity index (χ0v) is 13.8. The van der Waals surface area contributed by atoms with Gasteiger partial charge in [0.15, 0.2) is 6.54 Å². The molecule has 2 atom stereocenters.